The topological polar surface area (TPSA) is 43.7 Å². The summed E-state index contributed by atoms with van der Waals surface area (Å²) in [6.45, 7) is 6.06. The van der Waals surface area contributed by atoms with Gasteiger partial charge in [0.15, 0.2) is 5.60 Å². The standard InChI is InChI=1S/C17H23NO2/c1-6-17(20)10-15(18(5)11-16(17,4)19)14-8-7-12(2)9-13(14)3/h1,7-9,15,19-20H,10-11H2,2-5H3/t15-,16-,17-/m0/s1. The van der Waals surface area contributed by atoms with Crippen LogP contribution in [0.4, 0.5) is 0 Å². The van der Waals surface area contributed by atoms with E-state index in [0.29, 0.717) is 13.0 Å². The van der Waals surface area contributed by atoms with Gasteiger partial charge < -0.3 is 10.2 Å². The van der Waals surface area contributed by atoms with E-state index in [0.717, 1.165) is 5.56 Å². The highest BCUT2D eigenvalue weighted by Gasteiger charge is 2.51. The largest absolute Gasteiger partial charge is 0.385 e. The van der Waals surface area contributed by atoms with Crippen LogP contribution in [0.3, 0.4) is 0 Å². The number of hydrogen-bond donors (Lipinski definition) is 2. The fraction of sp³-hybridized carbons (Fsp3) is 0.529. The Morgan fingerprint density at radius 1 is 1.35 bits per heavy atom. The molecule has 0 aliphatic carbocycles. The van der Waals surface area contributed by atoms with Crippen molar-refractivity contribution < 1.29 is 10.2 Å². The van der Waals surface area contributed by atoms with Crippen LogP contribution in [0, 0.1) is 26.2 Å². The van der Waals surface area contributed by atoms with Gasteiger partial charge in [-0.25, -0.2) is 0 Å². The quantitative estimate of drug-likeness (QED) is 0.767. The van der Waals surface area contributed by atoms with Crippen LogP contribution < -0.4 is 0 Å². The van der Waals surface area contributed by atoms with Crippen molar-refractivity contribution in [3.8, 4) is 12.3 Å². The first-order chi connectivity index (χ1) is 9.20. The first-order valence-electron chi connectivity index (χ1n) is 6.90. The first kappa shape index (κ1) is 15.1. The number of β-amino-alcohol motifs (C(OH)–C–C–N with tert-alkyl or cyclic N) is 1. The van der Waals surface area contributed by atoms with Gasteiger partial charge in [-0.3, -0.25) is 4.90 Å². The predicted octanol–water partition coefficient (Wildman–Crippen LogP) is 1.80. The van der Waals surface area contributed by atoms with Crippen molar-refractivity contribution in [2.45, 2.75) is 44.4 Å². The molecule has 2 rings (SSSR count). The molecule has 1 fully saturated rings. The number of benzene rings is 1. The van der Waals surface area contributed by atoms with Crippen molar-refractivity contribution in [2.24, 2.45) is 0 Å². The Kier molecular flexibility index (Phi) is 3.68. The molecule has 1 heterocycles. The maximum absolute atomic E-state index is 10.6. The van der Waals surface area contributed by atoms with E-state index < -0.39 is 11.2 Å². The van der Waals surface area contributed by atoms with Gasteiger partial charge >= 0.3 is 0 Å². The summed E-state index contributed by atoms with van der Waals surface area (Å²) < 4.78 is 0. The van der Waals surface area contributed by atoms with Crippen LogP contribution in [0.2, 0.25) is 0 Å². The molecule has 108 valence electrons. The summed E-state index contributed by atoms with van der Waals surface area (Å²) in [5, 5.41) is 21.0. The highest BCUT2D eigenvalue weighted by Crippen LogP contribution is 2.41. The molecule has 0 unspecified atom stereocenters. The average Bonchev–Trinajstić information content (AvgIpc) is 2.34. The van der Waals surface area contributed by atoms with Crippen LogP contribution in [-0.4, -0.2) is 39.9 Å². The second-order valence-electron chi connectivity index (χ2n) is 6.27. The molecule has 1 aliphatic heterocycles. The molecule has 3 nitrogen and oxygen atoms in total. The number of hydrogen-bond acceptors (Lipinski definition) is 3. The molecule has 0 spiro atoms. The lowest BCUT2D eigenvalue weighted by atomic mass is 9.74. The molecule has 0 amide bonds. The van der Waals surface area contributed by atoms with Gasteiger partial charge in [0.1, 0.15) is 5.60 Å². The minimum Gasteiger partial charge on any atom is -0.385 e. The fourth-order valence-electron chi connectivity index (χ4n) is 3.14. The van der Waals surface area contributed by atoms with Gasteiger partial charge in [0.25, 0.3) is 0 Å². The normalized spacial score (nSPS) is 34.8. The fourth-order valence-corrected chi connectivity index (χ4v) is 3.14. The van der Waals surface area contributed by atoms with Crippen LogP contribution in [0.1, 0.15) is 36.1 Å². The third-order valence-electron chi connectivity index (χ3n) is 4.49. The molecule has 1 aliphatic rings. The van der Waals surface area contributed by atoms with E-state index >= 15 is 0 Å². The number of likely N-dealkylation sites (tertiary alicyclic amines) is 1. The van der Waals surface area contributed by atoms with Gasteiger partial charge in [0, 0.05) is 19.0 Å². The molecule has 0 aromatic heterocycles. The predicted molar refractivity (Wildman–Crippen MR) is 80.3 cm³/mol. The van der Waals surface area contributed by atoms with E-state index in [2.05, 4.69) is 42.9 Å². The van der Waals surface area contributed by atoms with Crippen molar-refractivity contribution in [3.63, 3.8) is 0 Å². The zero-order valence-corrected chi connectivity index (χ0v) is 12.6. The number of nitrogens with zero attached hydrogens (tertiary/aromatic N) is 1. The molecule has 1 aromatic rings. The first-order valence-corrected chi connectivity index (χ1v) is 6.90. The Balaban J connectivity index is 2.41. The van der Waals surface area contributed by atoms with Crippen LogP contribution in [-0.2, 0) is 0 Å². The van der Waals surface area contributed by atoms with Crippen LogP contribution in [0.5, 0.6) is 0 Å². The minimum absolute atomic E-state index is 0.0110. The second-order valence-corrected chi connectivity index (χ2v) is 6.27. The van der Waals surface area contributed by atoms with E-state index in [1.807, 2.05) is 7.05 Å². The molecular formula is C17H23NO2. The summed E-state index contributed by atoms with van der Waals surface area (Å²) in [6.07, 6.45) is 5.81. The average molecular weight is 273 g/mol. The van der Waals surface area contributed by atoms with Gasteiger partial charge in [0.2, 0.25) is 0 Å². The number of likely N-dealkylation sites (N-methyl/N-ethyl adjacent to an activating group) is 1. The van der Waals surface area contributed by atoms with Crippen molar-refractivity contribution in [2.75, 3.05) is 13.6 Å². The molecule has 20 heavy (non-hydrogen) atoms. The Morgan fingerprint density at radius 2 is 2.00 bits per heavy atom. The summed E-state index contributed by atoms with van der Waals surface area (Å²) >= 11 is 0. The molecule has 1 aromatic carbocycles. The highest BCUT2D eigenvalue weighted by atomic mass is 16.4. The summed E-state index contributed by atoms with van der Waals surface area (Å²) in [6, 6.07) is 6.29. The molecule has 3 heteroatoms. The zero-order chi connectivity index (χ0) is 15.1. The number of rotatable bonds is 1. The van der Waals surface area contributed by atoms with E-state index in [1.54, 1.807) is 6.92 Å². The van der Waals surface area contributed by atoms with Crippen molar-refractivity contribution in [3.05, 3.63) is 34.9 Å². The Bertz CT molecular complexity index is 559. The van der Waals surface area contributed by atoms with Gasteiger partial charge in [-0.05, 0) is 38.9 Å². The zero-order valence-electron chi connectivity index (χ0n) is 12.6. The lowest BCUT2D eigenvalue weighted by molar-refractivity contribution is -0.160. The molecule has 0 saturated carbocycles. The Labute approximate surface area is 121 Å². The van der Waals surface area contributed by atoms with E-state index in [9.17, 15) is 10.2 Å². The molecule has 3 atom stereocenters. The van der Waals surface area contributed by atoms with Gasteiger partial charge in [-0.2, -0.15) is 0 Å². The van der Waals surface area contributed by atoms with Gasteiger partial charge in [-0.15, -0.1) is 6.42 Å². The summed E-state index contributed by atoms with van der Waals surface area (Å²) in [5.74, 6) is 2.40. The van der Waals surface area contributed by atoms with E-state index in [-0.39, 0.29) is 6.04 Å². The summed E-state index contributed by atoms with van der Waals surface area (Å²) in [7, 11) is 1.95. The molecule has 1 saturated heterocycles. The maximum Gasteiger partial charge on any atom is 0.156 e. The van der Waals surface area contributed by atoms with Crippen molar-refractivity contribution in [1.82, 2.24) is 4.90 Å². The number of aryl methyl sites for hydroxylation is 2. The lowest BCUT2D eigenvalue weighted by Gasteiger charge is -2.49. The van der Waals surface area contributed by atoms with Gasteiger partial charge in [0.05, 0.1) is 0 Å². The second kappa shape index (κ2) is 4.89. The third kappa shape index (κ3) is 2.35. The third-order valence-corrected chi connectivity index (χ3v) is 4.49. The van der Waals surface area contributed by atoms with Crippen molar-refractivity contribution in [1.29, 1.82) is 0 Å². The Hall–Kier alpha value is -1.34. The molecular weight excluding hydrogens is 250 g/mol. The SMILES string of the molecule is C#C[C@]1(O)C[C@@H](c2ccc(C)cc2C)N(C)C[C@]1(C)O. The molecule has 0 bridgehead atoms. The minimum atomic E-state index is -1.50. The highest BCUT2D eigenvalue weighted by molar-refractivity contribution is 5.35. The smallest absolute Gasteiger partial charge is 0.156 e. The summed E-state index contributed by atoms with van der Waals surface area (Å²) in [4.78, 5) is 2.06. The van der Waals surface area contributed by atoms with Crippen LogP contribution in [0.15, 0.2) is 18.2 Å². The summed E-state index contributed by atoms with van der Waals surface area (Å²) in [5.41, 5.74) is 0.751. The number of terminal acetylenes is 1. The van der Waals surface area contributed by atoms with Gasteiger partial charge in [-0.1, -0.05) is 29.7 Å². The lowest BCUT2D eigenvalue weighted by Crippen LogP contribution is -2.62. The van der Waals surface area contributed by atoms with Crippen LogP contribution >= 0.6 is 0 Å². The number of aliphatic hydroxyl groups is 2. The molecule has 0 radical (unpaired) electrons. The number of piperidine rings is 1. The van der Waals surface area contributed by atoms with Crippen LogP contribution in [0.25, 0.3) is 0 Å². The van der Waals surface area contributed by atoms with E-state index in [4.69, 9.17) is 6.42 Å². The van der Waals surface area contributed by atoms with Crippen molar-refractivity contribution >= 4 is 0 Å². The van der Waals surface area contributed by atoms with E-state index in [1.165, 1.54) is 11.1 Å². The monoisotopic (exact) mass is 273 g/mol. The Morgan fingerprint density at radius 3 is 2.55 bits per heavy atom. The molecule has 2 N–H and O–H groups in total. The maximum atomic E-state index is 10.6.